The van der Waals surface area contributed by atoms with Crippen molar-refractivity contribution in [2.75, 3.05) is 18.4 Å². The van der Waals surface area contributed by atoms with E-state index < -0.39 is 0 Å². The minimum absolute atomic E-state index is 0.577. The monoisotopic (exact) mass is 267 g/mol. The largest absolute Gasteiger partial charge is 0.369 e. The Morgan fingerprint density at radius 1 is 1.25 bits per heavy atom. The van der Waals surface area contributed by atoms with Crippen LogP contribution in [0.2, 0.25) is 0 Å². The maximum Gasteiger partial charge on any atom is 0.129 e. The van der Waals surface area contributed by atoms with E-state index in [0.717, 1.165) is 17.1 Å². The molecule has 0 unspecified atom stereocenters. The first-order valence-electron chi connectivity index (χ1n) is 6.60. The molecule has 2 aromatic heterocycles. The van der Waals surface area contributed by atoms with Crippen LogP contribution in [0.1, 0.15) is 0 Å². The fraction of sp³-hybridized carbons (Fsp3) is 0.200. The molecule has 0 bridgehead atoms. The molecule has 0 atom stereocenters. The smallest absolute Gasteiger partial charge is 0.129 e. The summed E-state index contributed by atoms with van der Waals surface area (Å²) in [5.74, 6) is 0.799. The van der Waals surface area contributed by atoms with Crippen molar-refractivity contribution in [3.63, 3.8) is 0 Å². The maximum atomic E-state index is 5.49. The Morgan fingerprint density at radius 2 is 2.10 bits per heavy atom. The van der Waals surface area contributed by atoms with Crippen molar-refractivity contribution in [3.8, 4) is 11.3 Å². The third kappa shape index (κ3) is 2.23. The Labute approximate surface area is 117 Å². The van der Waals surface area contributed by atoms with Gasteiger partial charge in [0.1, 0.15) is 12.1 Å². The summed E-state index contributed by atoms with van der Waals surface area (Å²) in [5.41, 5.74) is 8.71. The quantitative estimate of drug-likeness (QED) is 0.758. The third-order valence-corrected chi connectivity index (χ3v) is 3.29. The van der Waals surface area contributed by atoms with Crippen molar-refractivity contribution in [1.29, 1.82) is 0 Å². The Hall–Kier alpha value is -2.40. The molecule has 20 heavy (non-hydrogen) atoms. The normalized spacial score (nSPS) is 10.9. The number of para-hydroxylation sites is 1. The average molecular weight is 267 g/mol. The van der Waals surface area contributed by atoms with Crippen molar-refractivity contribution < 1.29 is 0 Å². The number of anilines is 1. The van der Waals surface area contributed by atoms with Crippen LogP contribution in [0.25, 0.3) is 22.2 Å². The number of benzene rings is 1. The first kappa shape index (κ1) is 12.6. The number of fused-ring (bicyclic) bond motifs is 1. The number of nitrogens with two attached hydrogens (primary N) is 1. The van der Waals surface area contributed by atoms with Crippen LogP contribution >= 0.6 is 0 Å². The van der Waals surface area contributed by atoms with Crippen molar-refractivity contribution in [3.05, 3.63) is 42.9 Å². The van der Waals surface area contributed by atoms with Gasteiger partial charge in [-0.25, -0.2) is 9.97 Å². The average Bonchev–Trinajstić information content (AvgIpc) is 2.83. The summed E-state index contributed by atoms with van der Waals surface area (Å²) in [6.07, 6.45) is 3.68. The predicted octanol–water partition coefficient (Wildman–Crippen LogP) is 2.01. The van der Waals surface area contributed by atoms with E-state index in [-0.39, 0.29) is 0 Å². The van der Waals surface area contributed by atoms with Gasteiger partial charge >= 0.3 is 0 Å². The van der Waals surface area contributed by atoms with Gasteiger partial charge in [0.05, 0.1) is 5.69 Å². The molecular weight excluding hydrogens is 250 g/mol. The number of nitrogens with one attached hydrogen (secondary N) is 1. The molecule has 0 aliphatic carbocycles. The summed E-state index contributed by atoms with van der Waals surface area (Å²) in [6, 6.07) is 10.3. The molecule has 0 aliphatic heterocycles. The number of hydrogen-bond donors (Lipinski definition) is 2. The highest BCUT2D eigenvalue weighted by molar-refractivity contribution is 5.95. The molecule has 0 fully saturated rings. The van der Waals surface area contributed by atoms with Crippen molar-refractivity contribution >= 4 is 16.7 Å². The second-order valence-electron chi connectivity index (χ2n) is 4.67. The van der Waals surface area contributed by atoms with E-state index in [1.165, 1.54) is 10.9 Å². The number of aromatic nitrogens is 3. The number of rotatable bonds is 4. The molecule has 3 aromatic rings. The van der Waals surface area contributed by atoms with Gasteiger partial charge in [-0.3, -0.25) is 0 Å². The van der Waals surface area contributed by atoms with Gasteiger partial charge in [-0.05, 0) is 6.07 Å². The van der Waals surface area contributed by atoms with Crippen LogP contribution < -0.4 is 11.1 Å². The summed E-state index contributed by atoms with van der Waals surface area (Å²) in [7, 11) is 2.04. The highest BCUT2D eigenvalue weighted by atomic mass is 15.0. The Bertz CT molecular complexity index is 732. The van der Waals surface area contributed by atoms with E-state index in [1.807, 2.05) is 25.2 Å². The van der Waals surface area contributed by atoms with Crippen LogP contribution in [-0.4, -0.2) is 27.6 Å². The Morgan fingerprint density at radius 3 is 2.95 bits per heavy atom. The van der Waals surface area contributed by atoms with Crippen LogP contribution in [0.4, 0.5) is 5.82 Å². The van der Waals surface area contributed by atoms with Crippen LogP contribution in [0.5, 0.6) is 0 Å². The summed E-state index contributed by atoms with van der Waals surface area (Å²) >= 11 is 0. The van der Waals surface area contributed by atoms with Gasteiger partial charge < -0.3 is 15.6 Å². The summed E-state index contributed by atoms with van der Waals surface area (Å²) in [6.45, 7) is 1.28. The standard InChI is InChI=1S/C15H17N5/c1-20-9-12(11-4-2-3-5-14(11)20)13-8-15(17-7-6-16)19-10-18-13/h2-5,8-10H,6-7,16H2,1H3,(H,17,18,19). The molecule has 3 N–H and O–H groups in total. The van der Waals surface area contributed by atoms with E-state index >= 15 is 0 Å². The van der Waals surface area contributed by atoms with Gasteiger partial charge in [0.2, 0.25) is 0 Å². The highest BCUT2D eigenvalue weighted by Gasteiger charge is 2.09. The zero-order valence-electron chi connectivity index (χ0n) is 11.4. The molecule has 2 heterocycles. The molecule has 0 aliphatic rings. The highest BCUT2D eigenvalue weighted by Crippen LogP contribution is 2.29. The van der Waals surface area contributed by atoms with Gasteiger partial charge in [0, 0.05) is 48.9 Å². The lowest BCUT2D eigenvalue weighted by atomic mass is 10.1. The molecule has 0 spiro atoms. The van der Waals surface area contributed by atoms with Crippen molar-refractivity contribution in [1.82, 2.24) is 14.5 Å². The molecule has 102 valence electrons. The minimum atomic E-state index is 0.577. The van der Waals surface area contributed by atoms with E-state index in [1.54, 1.807) is 6.33 Å². The number of hydrogen-bond acceptors (Lipinski definition) is 4. The van der Waals surface area contributed by atoms with E-state index in [9.17, 15) is 0 Å². The molecule has 0 saturated heterocycles. The SMILES string of the molecule is Cn1cc(-c2cc(NCCN)ncn2)c2ccccc21. The lowest BCUT2D eigenvalue weighted by molar-refractivity contribution is 0.969. The molecular formula is C15H17N5. The zero-order chi connectivity index (χ0) is 13.9. The van der Waals surface area contributed by atoms with Crippen molar-refractivity contribution in [2.45, 2.75) is 0 Å². The maximum absolute atomic E-state index is 5.49. The Balaban J connectivity index is 2.07. The second-order valence-corrected chi connectivity index (χ2v) is 4.67. The van der Waals surface area contributed by atoms with E-state index in [4.69, 9.17) is 5.73 Å². The number of nitrogens with zero attached hydrogens (tertiary/aromatic N) is 3. The van der Waals surface area contributed by atoms with Crippen LogP contribution in [-0.2, 0) is 7.05 Å². The van der Waals surface area contributed by atoms with Gasteiger partial charge in [0.25, 0.3) is 0 Å². The second kappa shape index (κ2) is 5.30. The molecule has 0 amide bonds. The van der Waals surface area contributed by atoms with Crippen LogP contribution in [0.3, 0.4) is 0 Å². The molecule has 5 heteroatoms. The predicted molar refractivity (Wildman–Crippen MR) is 81.5 cm³/mol. The van der Waals surface area contributed by atoms with Crippen LogP contribution in [0.15, 0.2) is 42.9 Å². The van der Waals surface area contributed by atoms with E-state index in [0.29, 0.717) is 13.1 Å². The van der Waals surface area contributed by atoms with Gasteiger partial charge in [-0.1, -0.05) is 18.2 Å². The van der Waals surface area contributed by atoms with E-state index in [2.05, 4.69) is 38.2 Å². The Kier molecular flexibility index (Phi) is 3.35. The van der Waals surface area contributed by atoms with Crippen molar-refractivity contribution in [2.24, 2.45) is 12.8 Å². The lowest BCUT2D eigenvalue weighted by Crippen LogP contribution is -2.13. The first-order chi connectivity index (χ1) is 9.79. The molecule has 0 saturated carbocycles. The fourth-order valence-electron chi connectivity index (χ4n) is 2.35. The first-order valence-corrected chi connectivity index (χ1v) is 6.60. The van der Waals surface area contributed by atoms with Gasteiger partial charge in [-0.2, -0.15) is 0 Å². The molecule has 3 rings (SSSR count). The number of aryl methyl sites for hydroxylation is 1. The van der Waals surface area contributed by atoms with Crippen LogP contribution in [0, 0.1) is 0 Å². The zero-order valence-corrected chi connectivity index (χ0v) is 11.4. The fourth-order valence-corrected chi connectivity index (χ4v) is 2.35. The summed E-state index contributed by atoms with van der Waals surface area (Å²) in [5, 5.41) is 4.37. The topological polar surface area (TPSA) is 68.8 Å². The minimum Gasteiger partial charge on any atom is -0.369 e. The molecule has 1 aromatic carbocycles. The van der Waals surface area contributed by atoms with Gasteiger partial charge in [0.15, 0.2) is 0 Å². The molecule has 5 nitrogen and oxygen atoms in total. The molecule has 0 radical (unpaired) electrons. The lowest BCUT2D eigenvalue weighted by Gasteiger charge is -2.05. The van der Waals surface area contributed by atoms with Gasteiger partial charge in [-0.15, -0.1) is 0 Å². The third-order valence-electron chi connectivity index (χ3n) is 3.29. The summed E-state index contributed by atoms with van der Waals surface area (Å²) in [4.78, 5) is 8.59. The summed E-state index contributed by atoms with van der Waals surface area (Å²) < 4.78 is 2.11.